The van der Waals surface area contributed by atoms with Crippen LogP contribution in [-0.4, -0.2) is 41.5 Å². The van der Waals surface area contributed by atoms with E-state index in [0.717, 1.165) is 32.0 Å². The fraction of sp³-hybridized carbons (Fsp3) is 0.667. The van der Waals surface area contributed by atoms with Crippen molar-refractivity contribution < 1.29 is 13.2 Å². The van der Waals surface area contributed by atoms with E-state index in [2.05, 4.69) is 27.2 Å². The first-order valence-electron chi connectivity index (χ1n) is 6.39. The van der Waals surface area contributed by atoms with Crippen LogP contribution in [0.25, 0.3) is 0 Å². The molecule has 0 atom stereocenters. The van der Waals surface area contributed by atoms with Crippen molar-refractivity contribution >= 4 is 17.4 Å². The number of rotatable bonds is 3. The molecule has 4 nitrogen and oxygen atoms in total. The Bertz CT molecular complexity index is 459. The summed E-state index contributed by atoms with van der Waals surface area (Å²) in [6.07, 6.45) is -2.47. The Morgan fingerprint density at radius 2 is 2.00 bits per heavy atom. The maximum Gasteiger partial charge on any atom is 0.433 e. The predicted molar refractivity (Wildman–Crippen MR) is 70.8 cm³/mol. The van der Waals surface area contributed by atoms with E-state index in [9.17, 15) is 13.2 Å². The summed E-state index contributed by atoms with van der Waals surface area (Å²) in [6.45, 7) is 2.60. The fourth-order valence-electron chi connectivity index (χ4n) is 2.17. The van der Waals surface area contributed by atoms with Gasteiger partial charge < -0.3 is 10.2 Å². The predicted octanol–water partition coefficient (Wildman–Crippen LogP) is 2.90. The number of hydrogen-bond donors (Lipinski definition) is 1. The number of likely N-dealkylation sites (tertiary alicyclic amines) is 1. The molecule has 2 heterocycles. The number of aromatic nitrogens is 2. The van der Waals surface area contributed by atoms with Gasteiger partial charge in [0.25, 0.3) is 0 Å². The number of hydrogen-bond acceptors (Lipinski definition) is 4. The topological polar surface area (TPSA) is 41.0 Å². The molecule has 1 aromatic heterocycles. The second kappa shape index (κ2) is 6.13. The molecule has 0 saturated carbocycles. The van der Waals surface area contributed by atoms with Crippen molar-refractivity contribution in [3.63, 3.8) is 0 Å². The summed E-state index contributed by atoms with van der Waals surface area (Å²) in [5.74, 6) is 0.561. The molecule has 1 fully saturated rings. The van der Waals surface area contributed by atoms with Crippen molar-refractivity contribution in [2.75, 3.05) is 32.0 Å². The van der Waals surface area contributed by atoms with Gasteiger partial charge in [0, 0.05) is 12.6 Å². The maximum atomic E-state index is 12.6. The van der Waals surface area contributed by atoms with Gasteiger partial charge in [0.2, 0.25) is 5.28 Å². The number of nitrogens with zero attached hydrogens (tertiary/aromatic N) is 3. The highest BCUT2D eigenvalue weighted by atomic mass is 35.5. The van der Waals surface area contributed by atoms with Crippen LogP contribution < -0.4 is 5.32 Å². The Labute approximate surface area is 120 Å². The van der Waals surface area contributed by atoms with Gasteiger partial charge in [0.05, 0.1) is 0 Å². The molecule has 0 bridgehead atoms. The molecule has 0 amide bonds. The molecule has 1 N–H and O–H groups in total. The van der Waals surface area contributed by atoms with E-state index < -0.39 is 17.2 Å². The molecular formula is C12H16ClF3N4. The molecule has 1 aliphatic rings. The van der Waals surface area contributed by atoms with Crippen LogP contribution in [-0.2, 0) is 6.18 Å². The second-order valence-corrected chi connectivity index (χ2v) is 5.37. The van der Waals surface area contributed by atoms with Crippen LogP contribution in [0, 0.1) is 5.92 Å². The van der Waals surface area contributed by atoms with E-state index in [1.807, 2.05) is 0 Å². The Morgan fingerprint density at radius 3 is 2.60 bits per heavy atom. The Balaban J connectivity index is 1.97. The molecule has 20 heavy (non-hydrogen) atoms. The lowest BCUT2D eigenvalue weighted by Gasteiger charge is -2.29. The third-order valence-electron chi connectivity index (χ3n) is 3.40. The minimum atomic E-state index is -4.52. The summed E-state index contributed by atoms with van der Waals surface area (Å²) in [7, 11) is 2.06. The van der Waals surface area contributed by atoms with Gasteiger partial charge in [-0.25, -0.2) is 9.97 Å². The average molecular weight is 309 g/mol. The Morgan fingerprint density at radius 1 is 1.35 bits per heavy atom. The monoisotopic (exact) mass is 308 g/mol. The largest absolute Gasteiger partial charge is 0.433 e. The summed E-state index contributed by atoms with van der Waals surface area (Å²) in [6, 6.07) is 0.890. The van der Waals surface area contributed by atoms with E-state index in [1.54, 1.807) is 0 Å². The van der Waals surface area contributed by atoms with E-state index in [-0.39, 0.29) is 5.82 Å². The normalized spacial score (nSPS) is 18.2. The van der Waals surface area contributed by atoms with Crippen molar-refractivity contribution in [3.8, 4) is 0 Å². The van der Waals surface area contributed by atoms with Crippen molar-refractivity contribution in [3.05, 3.63) is 17.0 Å². The first kappa shape index (κ1) is 15.3. The highest BCUT2D eigenvalue weighted by molar-refractivity contribution is 6.28. The first-order chi connectivity index (χ1) is 9.34. The van der Waals surface area contributed by atoms with Gasteiger partial charge in [-0.15, -0.1) is 0 Å². The van der Waals surface area contributed by atoms with Crippen LogP contribution >= 0.6 is 11.6 Å². The molecule has 0 unspecified atom stereocenters. The summed E-state index contributed by atoms with van der Waals surface area (Å²) in [5, 5.41) is 2.53. The molecule has 0 aromatic carbocycles. The minimum Gasteiger partial charge on any atom is -0.370 e. The molecule has 0 radical (unpaired) electrons. The van der Waals surface area contributed by atoms with Crippen molar-refractivity contribution in [2.45, 2.75) is 19.0 Å². The Kier molecular flexibility index (Phi) is 4.70. The number of anilines is 1. The lowest BCUT2D eigenvalue weighted by atomic mass is 9.97. The molecule has 0 aliphatic carbocycles. The third kappa shape index (κ3) is 4.21. The summed E-state index contributed by atoms with van der Waals surface area (Å²) < 4.78 is 37.8. The van der Waals surface area contributed by atoms with E-state index in [4.69, 9.17) is 11.6 Å². The first-order valence-corrected chi connectivity index (χ1v) is 6.76. The third-order valence-corrected chi connectivity index (χ3v) is 3.57. The minimum absolute atomic E-state index is 0.122. The average Bonchev–Trinajstić information content (AvgIpc) is 2.36. The molecular weight excluding hydrogens is 293 g/mol. The molecule has 8 heteroatoms. The van der Waals surface area contributed by atoms with E-state index >= 15 is 0 Å². The van der Waals surface area contributed by atoms with E-state index in [1.165, 1.54) is 0 Å². The summed E-state index contributed by atoms with van der Waals surface area (Å²) in [5.41, 5.74) is -1.02. The van der Waals surface area contributed by atoms with E-state index in [0.29, 0.717) is 12.5 Å². The number of nitrogens with one attached hydrogen (secondary N) is 1. The van der Waals surface area contributed by atoms with Crippen LogP contribution in [0.1, 0.15) is 18.5 Å². The fourth-order valence-corrected chi connectivity index (χ4v) is 2.35. The van der Waals surface area contributed by atoms with Crippen molar-refractivity contribution in [1.29, 1.82) is 0 Å². The zero-order chi connectivity index (χ0) is 14.8. The van der Waals surface area contributed by atoms with Crippen LogP contribution in [0.5, 0.6) is 0 Å². The summed E-state index contributed by atoms with van der Waals surface area (Å²) in [4.78, 5) is 9.21. The van der Waals surface area contributed by atoms with Gasteiger partial charge in [0.1, 0.15) is 5.82 Å². The van der Waals surface area contributed by atoms with Gasteiger partial charge in [-0.05, 0) is 50.5 Å². The smallest absolute Gasteiger partial charge is 0.370 e. The summed E-state index contributed by atoms with van der Waals surface area (Å²) >= 11 is 5.53. The quantitative estimate of drug-likeness (QED) is 0.872. The molecule has 2 rings (SSSR count). The van der Waals surface area contributed by atoms with Crippen molar-refractivity contribution in [2.24, 2.45) is 5.92 Å². The van der Waals surface area contributed by atoms with Crippen molar-refractivity contribution in [1.82, 2.24) is 14.9 Å². The number of piperidine rings is 1. The van der Waals surface area contributed by atoms with Gasteiger partial charge >= 0.3 is 6.18 Å². The number of halogens is 4. The zero-order valence-electron chi connectivity index (χ0n) is 11.0. The van der Waals surface area contributed by atoms with Crippen LogP contribution in [0.15, 0.2) is 6.07 Å². The molecule has 1 aromatic rings. The van der Waals surface area contributed by atoms with Gasteiger partial charge in [0.15, 0.2) is 5.69 Å². The zero-order valence-corrected chi connectivity index (χ0v) is 11.8. The van der Waals surface area contributed by atoms with Crippen LogP contribution in [0.4, 0.5) is 19.0 Å². The molecule has 1 saturated heterocycles. The van der Waals surface area contributed by atoms with Crippen LogP contribution in [0.2, 0.25) is 5.28 Å². The highest BCUT2D eigenvalue weighted by Gasteiger charge is 2.33. The van der Waals surface area contributed by atoms with Gasteiger partial charge in [-0.2, -0.15) is 13.2 Å². The maximum absolute atomic E-state index is 12.6. The molecule has 112 valence electrons. The van der Waals surface area contributed by atoms with Crippen LogP contribution in [0.3, 0.4) is 0 Å². The SMILES string of the molecule is CN1CCC(CNc2cc(C(F)(F)F)nc(Cl)n2)CC1. The lowest BCUT2D eigenvalue weighted by Crippen LogP contribution is -2.33. The number of alkyl halides is 3. The molecule has 1 aliphatic heterocycles. The second-order valence-electron chi connectivity index (χ2n) is 5.03. The highest BCUT2D eigenvalue weighted by Crippen LogP contribution is 2.29. The lowest BCUT2D eigenvalue weighted by molar-refractivity contribution is -0.141. The van der Waals surface area contributed by atoms with Gasteiger partial charge in [-0.3, -0.25) is 0 Å². The van der Waals surface area contributed by atoms with Gasteiger partial charge in [-0.1, -0.05) is 0 Å². The Hall–Kier alpha value is -1.08. The molecule has 0 spiro atoms. The standard InChI is InChI=1S/C12H16ClF3N4/c1-20-4-2-8(3-5-20)7-17-10-6-9(12(14,15)16)18-11(13)19-10/h6,8H,2-5,7H2,1H3,(H,17,18,19).